The lowest BCUT2D eigenvalue weighted by Gasteiger charge is -2.30. The number of benzene rings is 2. The number of aliphatic hydroxyl groups excluding tert-OH is 1. The van der Waals surface area contributed by atoms with Gasteiger partial charge in [-0.15, -0.1) is 0 Å². The van der Waals surface area contributed by atoms with E-state index in [0.29, 0.717) is 12.1 Å². The zero-order valence-corrected chi connectivity index (χ0v) is 14.0. The maximum atomic E-state index is 12.6. The van der Waals surface area contributed by atoms with Crippen LogP contribution < -0.4 is 5.32 Å². The van der Waals surface area contributed by atoms with Gasteiger partial charge >= 0.3 is 0 Å². The van der Waals surface area contributed by atoms with Gasteiger partial charge in [-0.1, -0.05) is 30.3 Å². The fraction of sp³-hybridized carbons (Fsp3) is 0.350. The van der Waals surface area contributed by atoms with E-state index in [9.17, 15) is 9.90 Å². The number of hydrogen-bond acceptors (Lipinski definition) is 3. The van der Waals surface area contributed by atoms with Crippen molar-refractivity contribution in [2.24, 2.45) is 0 Å². The quantitative estimate of drug-likeness (QED) is 0.908. The van der Waals surface area contributed by atoms with E-state index in [0.717, 1.165) is 31.6 Å². The Hall–Kier alpha value is -2.33. The predicted molar refractivity (Wildman–Crippen MR) is 96.1 cm³/mol. The number of anilines is 1. The molecule has 1 saturated heterocycles. The maximum Gasteiger partial charge on any atom is 0.254 e. The minimum Gasteiger partial charge on any atom is -0.391 e. The normalized spacial score (nSPS) is 17.6. The highest BCUT2D eigenvalue weighted by atomic mass is 16.3. The number of likely N-dealkylation sites (tertiary alicyclic amines) is 1. The van der Waals surface area contributed by atoms with E-state index in [1.165, 1.54) is 11.1 Å². The lowest BCUT2D eigenvalue weighted by atomic mass is 10.1. The molecule has 3 rings (SSSR count). The number of aliphatic hydroxyl groups is 1. The van der Waals surface area contributed by atoms with Gasteiger partial charge in [-0.05, 0) is 49.1 Å². The fourth-order valence-corrected chi connectivity index (χ4v) is 3.09. The Morgan fingerprint density at radius 1 is 1.25 bits per heavy atom. The summed E-state index contributed by atoms with van der Waals surface area (Å²) in [6.07, 6.45) is 1.24. The zero-order chi connectivity index (χ0) is 16.9. The molecule has 0 spiro atoms. The SMILES string of the molecule is Cc1ccccc1CNc1cccc(C(=O)N2CCCC(O)C2)c1. The molecule has 4 nitrogen and oxygen atoms in total. The van der Waals surface area contributed by atoms with E-state index in [-0.39, 0.29) is 5.91 Å². The van der Waals surface area contributed by atoms with Crippen LogP contribution in [-0.4, -0.2) is 35.1 Å². The van der Waals surface area contributed by atoms with Crippen LogP contribution in [0.5, 0.6) is 0 Å². The molecule has 2 aromatic carbocycles. The van der Waals surface area contributed by atoms with Crippen LogP contribution in [0.1, 0.15) is 34.3 Å². The van der Waals surface area contributed by atoms with Crippen LogP contribution in [-0.2, 0) is 6.54 Å². The summed E-state index contributed by atoms with van der Waals surface area (Å²) in [5, 5.41) is 13.1. The summed E-state index contributed by atoms with van der Waals surface area (Å²) < 4.78 is 0. The number of nitrogens with zero attached hydrogens (tertiary/aromatic N) is 1. The van der Waals surface area contributed by atoms with Crippen LogP contribution in [0.15, 0.2) is 48.5 Å². The van der Waals surface area contributed by atoms with Crippen LogP contribution >= 0.6 is 0 Å². The molecular formula is C20H24N2O2. The number of rotatable bonds is 4. The van der Waals surface area contributed by atoms with Crippen molar-refractivity contribution in [3.63, 3.8) is 0 Å². The minimum absolute atomic E-state index is 0.00621. The molecule has 2 N–H and O–H groups in total. The van der Waals surface area contributed by atoms with Gasteiger partial charge in [0.25, 0.3) is 5.91 Å². The molecule has 1 unspecified atom stereocenters. The monoisotopic (exact) mass is 324 g/mol. The standard InChI is InChI=1S/C20H24N2O2/c1-15-6-2-3-7-17(15)13-21-18-9-4-8-16(12-18)20(24)22-11-5-10-19(23)14-22/h2-4,6-9,12,19,21,23H,5,10-11,13-14H2,1H3. The second-order valence-corrected chi connectivity index (χ2v) is 6.41. The molecule has 1 amide bonds. The number of β-amino-alcohol motifs (C(OH)–C–C–N with tert-alkyl or cyclic N) is 1. The van der Waals surface area contributed by atoms with Gasteiger partial charge in [0, 0.05) is 30.9 Å². The summed E-state index contributed by atoms with van der Waals surface area (Å²) in [4.78, 5) is 14.4. The minimum atomic E-state index is -0.398. The molecule has 1 fully saturated rings. The van der Waals surface area contributed by atoms with Gasteiger partial charge in [0.1, 0.15) is 0 Å². The third-order valence-corrected chi connectivity index (χ3v) is 4.54. The Bertz CT molecular complexity index is 714. The van der Waals surface area contributed by atoms with Crippen molar-refractivity contribution in [3.05, 3.63) is 65.2 Å². The van der Waals surface area contributed by atoms with E-state index >= 15 is 0 Å². The van der Waals surface area contributed by atoms with E-state index in [1.807, 2.05) is 36.4 Å². The molecule has 4 heteroatoms. The summed E-state index contributed by atoms with van der Waals surface area (Å²) in [7, 11) is 0. The van der Waals surface area contributed by atoms with Crippen LogP contribution in [0.25, 0.3) is 0 Å². The molecule has 1 heterocycles. The number of amides is 1. The number of aryl methyl sites for hydroxylation is 1. The Labute approximate surface area is 143 Å². The molecule has 0 bridgehead atoms. The van der Waals surface area contributed by atoms with Crippen LogP contribution in [0.2, 0.25) is 0 Å². The van der Waals surface area contributed by atoms with Gasteiger partial charge in [0.05, 0.1) is 6.10 Å². The first-order chi connectivity index (χ1) is 11.6. The molecular weight excluding hydrogens is 300 g/mol. The largest absolute Gasteiger partial charge is 0.391 e. The van der Waals surface area contributed by atoms with E-state index in [1.54, 1.807) is 4.90 Å². The highest BCUT2D eigenvalue weighted by Crippen LogP contribution is 2.18. The van der Waals surface area contributed by atoms with E-state index in [4.69, 9.17) is 0 Å². The van der Waals surface area contributed by atoms with Crippen molar-refractivity contribution < 1.29 is 9.90 Å². The second kappa shape index (κ2) is 7.49. The van der Waals surface area contributed by atoms with Gasteiger partial charge in [0.15, 0.2) is 0 Å². The van der Waals surface area contributed by atoms with Crippen molar-refractivity contribution >= 4 is 11.6 Å². The van der Waals surface area contributed by atoms with Crippen molar-refractivity contribution in [3.8, 4) is 0 Å². The highest BCUT2D eigenvalue weighted by molar-refractivity contribution is 5.95. The van der Waals surface area contributed by atoms with Crippen molar-refractivity contribution in [2.75, 3.05) is 18.4 Å². The Morgan fingerprint density at radius 2 is 2.08 bits per heavy atom. The third kappa shape index (κ3) is 3.95. The summed E-state index contributed by atoms with van der Waals surface area (Å²) >= 11 is 0. The first kappa shape index (κ1) is 16.5. The number of hydrogen-bond donors (Lipinski definition) is 2. The summed E-state index contributed by atoms with van der Waals surface area (Å²) in [6, 6.07) is 15.9. The van der Waals surface area contributed by atoms with Crippen molar-refractivity contribution in [2.45, 2.75) is 32.4 Å². The molecule has 126 valence electrons. The lowest BCUT2D eigenvalue weighted by molar-refractivity contribution is 0.0474. The van der Waals surface area contributed by atoms with E-state index in [2.05, 4.69) is 24.4 Å². The topological polar surface area (TPSA) is 52.6 Å². The van der Waals surface area contributed by atoms with Gasteiger partial charge in [-0.3, -0.25) is 4.79 Å². The molecule has 0 saturated carbocycles. The summed E-state index contributed by atoms with van der Waals surface area (Å²) in [5.74, 6) is -0.00621. The second-order valence-electron chi connectivity index (χ2n) is 6.41. The van der Waals surface area contributed by atoms with Crippen LogP contribution in [0.3, 0.4) is 0 Å². The number of piperidine rings is 1. The van der Waals surface area contributed by atoms with Crippen LogP contribution in [0.4, 0.5) is 5.69 Å². The predicted octanol–water partition coefficient (Wildman–Crippen LogP) is 3.20. The van der Waals surface area contributed by atoms with Crippen molar-refractivity contribution in [1.29, 1.82) is 0 Å². The zero-order valence-electron chi connectivity index (χ0n) is 14.0. The fourth-order valence-electron chi connectivity index (χ4n) is 3.09. The summed E-state index contributed by atoms with van der Waals surface area (Å²) in [6.45, 7) is 3.97. The van der Waals surface area contributed by atoms with Gasteiger partial charge in [-0.2, -0.15) is 0 Å². The first-order valence-corrected chi connectivity index (χ1v) is 8.49. The lowest BCUT2D eigenvalue weighted by Crippen LogP contribution is -2.42. The van der Waals surface area contributed by atoms with Crippen molar-refractivity contribution in [1.82, 2.24) is 4.90 Å². The molecule has 0 aromatic heterocycles. The van der Waals surface area contributed by atoms with E-state index < -0.39 is 6.10 Å². The number of carbonyl (C=O) groups excluding carboxylic acids is 1. The molecule has 1 aliphatic heterocycles. The first-order valence-electron chi connectivity index (χ1n) is 8.49. The maximum absolute atomic E-state index is 12.6. The molecule has 2 aromatic rings. The average molecular weight is 324 g/mol. The average Bonchev–Trinajstić information content (AvgIpc) is 2.61. The van der Waals surface area contributed by atoms with Gasteiger partial charge in [-0.25, -0.2) is 0 Å². The highest BCUT2D eigenvalue weighted by Gasteiger charge is 2.23. The third-order valence-electron chi connectivity index (χ3n) is 4.54. The van der Waals surface area contributed by atoms with Gasteiger partial charge in [0.2, 0.25) is 0 Å². The Kier molecular flexibility index (Phi) is 5.16. The summed E-state index contributed by atoms with van der Waals surface area (Å²) in [5.41, 5.74) is 4.09. The molecule has 1 atom stereocenters. The molecule has 0 radical (unpaired) electrons. The smallest absolute Gasteiger partial charge is 0.254 e. The Morgan fingerprint density at radius 3 is 2.88 bits per heavy atom. The molecule has 24 heavy (non-hydrogen) atoms. The number of nitrogens with one attached hydrogen (secondary N) is 1. The van der Waals surface area contributed by atoms with Gasteiger partial charge < -0.3 is 15.3 Å². The van der Waals surface area contributed by atoms with Crippen LogP contribution in [0, 0.1) is 6.92 Å². The number of carbonyl (C=O) groups is 1. The molecule has 1 aliphatic rings. The Balaban J connectivity index is 1.67. The molecule has 0 aliphatic carbocycles.